The predicted octanol–water partition coefficient (Wildman–Crippen LogP) is 2.39. The maximum atomic E-state index is 12.1. The van der Waals surface area contributed by atoms with Gasteiger partial charge in [0.15, 0.2) is 11.5 Å². The molecule has 1 N–H and O–H groups in total. The summed E-state index contributed by atoms with van der Waals surface area (Å²) in [4.78, 5) is 23.6. The Bertz CT molecular complexity index is 784. The van der Waals surface area contributed by atoms with Crippen LogP contribution in [0.2, 0.25) is 0 Å². The minimum absolute atomic E-state index is 0.0188. The van der Waals surface area contributed by atoms with Crippen LogP contribution < -0.4 is 19.7 Å². The summed E-state index contributed by atoms with van der Waals surface area (Å²) in [6.07, 6.45) is 0. The number of fused-ring (bicyclic) bond motifs is 1. The molecule has 0 saturated carbocycles. The lowest BCUT2D eigenvalue weighted by Crippen LogP contribution is -2.25. The normalized spacial score (nSPS) is 13.0. The van der Waals surface area contributed by atoms with Crippen LogP contribution in [0.5, 0.6) is 11.5 Å². The molecular weight excluding hydrogens is 372 g/mol. The molecule has 1 aromatic carbocycles. The molecule has 0 spiro atoms. The van der Waals surface area contributed by atoms with Crippen molar-refractivity contribution in [2.45, 2.75) is 13.5 Å². The fraction of sp³-hybridized carbons (Fsp3) is 0.286. The number of nitrogens with zero attached hydrogens (tertiary/aromatic N) is 1. The number of nitrogens with one attached hydrogen (secondary N) is 1. The van der Waals surface area contributed by atoms with Gasteiger partial charge in [-0.2, -0.15) is 0 Å². The Kier molecular flexibility index (Phi) is 4.21. The maximum absolute atomic E-state index is 12.1. The Labute approximate surface area is 138 Å². The molecule has 0 fully saturated rings. The number of benzene rings is 1. The SMILES string of the molecule is Cc1csc(=O)n1CC(=O)Nc1cc2c(cc1Br)OCCO2. The van der Waals surface area contributed by atoms with Gasteiger partial charge in [0.25, 0.3) is 0 Å². The third-order valence-corrected chi connectivity index (χ3v) is 4.72. The van der Waals surface area contributed by atoms with Gasteiger partial charge in [-0.15, -0.1) is 0 Å². The maximum Gasteiger partial charge on any atom is 0.307 e. The van der Waals surface area contributed by atoms with Crippen LogP contribution >= 0.6 is 27.3 Å². The van der Waals surface area contributed by atoms with Crippen molar-refractivity contribution >= 4 is 38.9 Å². The van der Waals surface area contributed by atoms with Crippen LogP contribution in [0.4, 0.5) is 5.69 Å². The summed E-state index contributed by atoms with van der Waals surface area (Å²) in [5.74, 6) is 0.954. The molecule has 22 heavy (non-hydrogen) atoms. The molecule has 0 atom stereocenters. The van der Waals surface area contributed by atoms with E-state index in [9.17, 15) is 9.59 Å². The molecule has 0 saturated heterocycles. The number of thiazole rings is 1. The van der Waals surface area contributed by atoms with Gasteiger partial charge in [0, 0.05) is 27.7 Å². The Morgan fingerprint density at radius 2 is 2.05 bits per heavy atom. The van der Waals surface area contributed by atoms with Gasteiger partial charge in [-0.05, 0) is 22.9 Å². The first kappa shape index (κ1) is 15.1. The molecule has 2 heterocycles. The molecule has 8 heteroatoms. The number of carbonyl (C=O) groups is 1. The molecule has 0 unspecified atom stereocenters. The van der Waals surface area contributed by atoms with Crippen molar-refractivity contribution in [2.75, 3.05) is 18.5 Å². The standard InChI is InChI=1S/C14H13BrN2O4S/c1-8-7-22-14(19)17(8)6-13(18)16-10-5-12-11(4-9(10)15)20-2-3-21-12/h4-5,7H,2-3,6H2,1H3,(H,16,18). The number of anilines is 1. The number of rotatable bonds is 3. The second-order valence-electron chi connectivity index (χ2n) is 4.75. The zero-order chi connectivity index (χ0) is 15.7. The van der Waals surface area contributed by atoms with E-state index in [2.05, 4.69) is 21.2 Å². The Hall–Kier alpha value is -1.80. The molecule has 1 amide bonds. The van der Waals surface area contributed by atoms with Crippen molar-refractivity contribution in [1.29, 1.82) is 0 Å². The molecule has 1 aliphatic heterocycles. The van der Waals surface area contributed by atoms with E-state index in [4.69, 9.17) is 9.47 Å². The summed E-state index contributed by atoms with van der Waals surface area (Å²) in [6.45, 7) is 2.76. The fourth-order valence-corrected chi connectivity index (χ4v) is 3.25. The van der Waals surface area contributed by atoms with E-state index >= 15 is 0 Å². The lowest BCUT2D eigenvalue weighted by Gasteiger charge is -2.20. The van der Waals surface area contributed by atoms with Crippen LogP contribution in [0.1, 0.15) is 5.69 Å². The van der Waals surface area contributed by atoms with Crippen LogP contribution in [-0.2, 0) is 11.3 Å². The highest BCUT2D eigenvalue weighted by atomic mass is 79.9. The van der Waals surface area contributed by atoms with Crippen molar-refractivity contribution in [3.05, 3.63) is 37.3 Å². The van der Waals surface area contributed by atoms with Gasteiger partial charge in [-0.1, -0.05) is 11.3 Å². The highest BCUT2D eigenvalue weighted by molar-refractivity contribution is 9.10. The van der Waals surface area contributed by atoms with E-state index in [1.807, 2.05) is 0 Å². The van der Waals surface area contributed by atoms with Crippen LogP contribution in [0.15, 0.2) is 26.8 Å². The zero-order valence-corrected chi connectivity index (χ0v) is 14.1. The summed E-state index contributed by atoms with van der Waals surface area (Å²) < 4.78 is 13.1. The van der Waals surface area contributed by atoms with Crippen LogP contribution in [-0.4, -0.2) is 23.7 Å². The van der Waals surface area contributed by atoms with Crippen molar-refractivity contribution in [1.82, 2.24) is 4.57 Å². The highest BCUT2D eigenvalue weighted by Gasteiger charge is 2.16. The summed E-state index contributed by atoms with van der Waals surface area (Å²) in [6, 6.07) is 3.46. The smallest absolute Gasteiger partial charge is 0.307 e. The summed E-state index contributed by atoms with van der Waals surface area (Å²) in [5, 5.41) is 4.51. The Balaban J connectivity index is 1.78. The predicted molar refractivity (Wildman–Crippen MR) is 87.1 cm³/mol. The molecular formula is C14H13BrN2O4S. The highest BCUT2D eigenvalue weighted by Crippen LogP contribution is 2.38. The number of halogens is 1. The van der Waals surface area contributed by atoms with E-state index in [1.54, 1.807) is 24.4 Å². The lowest BCUT2D eigenvalue weighted by atomic mass is 10.2. The van der Waals surface area contributed by atoms with Crippen molar-refractivity contribution in [2.24, 2.45) is 0 Å². The van der Waals surface area contributed by atoms with Gasteiger partial charge in [0.2, 0.25) is 5.91 Å². The van der Waals surface area contributed by atoms with E-state index in [0.717, 1.165) is 17.0 Å². The van der Waals surface area contributed by atoms with Gasteiger partial charge >= 0.3 is 4.87 Å². The van der Waals surface area contributed by atoms with Crippen LogP contribution in [0, 0.1) is 6.92 Å². The minimum Gasteiger partial charge on any atom is -0.486 e. The van der Waals surface area contributed by atoms with Crippen LogP contribution in [0.3, 0.4) is 0 Å². The number of hydrogen-bond acceptors (Lipinski definition) is 5. The second kappa shape index (κ2) is 6.13. The quantitative estimate of drug-likeness (QED) is 0.881. The molecule has 0 radical (unpaired) electrons. The van der Waals surface area contributed by atoms with E-state index < -0.39 is 0 Å². The van der Waals surface area contributed by atoms with Gasteiger partial charge < -0.3 is 14.8 Å². The lowest BCUT2D eigenvalue weighted by molar-refractivity contribution is -0.116. The van der Waals surface area contributed by atoms with Gasteiger partial charge in [0.05, 0.1) is 5.69 Å². The Morgan fingerprint density at radius 3 is 2.68 bits per heavy atom. The van der Waals surface area contributed by atoms with E-state index in [-0.39, 0.29) is 17.3 Å². The largest absolute Gasteiger partial charge is 0.486 e. The molecule has 1 aliphatic rings. The molecule has 2 aromatic rings. The first-order valence-corrected chi connectivity index (χ1v) is 8.26. The molecule has 0 aliphatic carbocycles. The minimum atomic E-state index is -0.277. The number of ether oxygens (including phenoxy) is 2. The van der Waals surface area contributed by atoms with Crippen LogP contribution in [0.25, 0.3) is 0 Å². The number of amides is 1. The number of aromatic nitrogens is 1. The first-order valence-electron chi connectivity index (χ1n) is 6.58. The van der Waals surface area contributed by atoms with Crippen molar-refractivity contribution < 1.29 is 14.3 Å². The first-order chi connectivity index (χ1) is 10.5. The average Bonchev–Trinajstić information content (AvgIpc) is 2.80. The fourth-order valence-electron chi connectivity index (χ4n) is 2.09. The Morgan fingerprint density at radius 1 is 1.36 bits per heavy atom. The average molecular weight is 385 g/mol. The van der Waals surface area contributed by atoms with Crippen molar-refractivity contribution in [3.63, 3.8) is 0 Å². The number of aryl methyl sites for hydroxylation is 1. The monoisotopic (exact) mass is 384 g/mol. The topological polar surface area (TPSA) is 69.6 Å². The summed E-state index contributed by atoms with van der Waals surface area (Å²) in [5.41, 5.74) is 1.35. The van der Waals surface area contributed by atoms with E-state index in [0.29, 0.717) is 34.9 Å². The molecule has 116 valence electrons. The van der Waals surface area contributed by atoms with Gasteiger partial charge in [-0.25, -0.2) is 0 Å². The number of carbonyl (C=O) groups excluding carboxylic acids is 1. The third-order valence-electron chi connectivity index (χ3n) is 3.18. The summed E-state index contributed by atoms with van der Waals surface area (Å²) in [7, 11) is 0. The van der Waals surface area contributed by atoms with Gasteiger partial charge in [-0.3, -0.25) is 14.2 Å². The van der Waals surface area contributed by atoms with E-state index in [1.165, 1.54) is 4.57 Å². The molecule has 3 rings (SSSR count). The van der Waals surface area contributed by atoms with Crippen molar-refractivity contribution in [3.8, 4) is 11.5 Å². The zero-order valence-electron chi connectivity index (χ0n) is 11.7. The molecule has 0 bridgehead atoms. The third kappa shape index (κ3) is 3.02. The second-order valence-corrected chi connectivity index (χ2v) is 6.43. The van der Waals surface area contributed by atoms with Gasteiger partial charge in [0.1, 0.15) is 19.8 Å². The molecule has 6 nitrogen and oxygen atoms in total. The molecule has 1 aromatic heterocycles. The summed E-state index contributed by atoms with van der Waals surface area (Å²) >= 11 is 4.48. The number of hydrogen-bond donors (Lipinski definition) is 1.